The third-order valence-corrected chi connectivity index (χ3v) is 6.02. The van der Waals surface area contributed by atoms with E-state index in [4.69, 9.17) is 0 Å². The number of nitrogens with one attached hydrogen (secondary N) is 2. The van der Waals surface area contributed by atoms with Crippen molar-refractivity contribution in [2.45, 2.75) is 44.2 Å². The van der Waals surface area contributed by atoms with Gasteiger partial charge in [-0.3, -0.25) is 9.67 Å². The molecule has 2 N–H and O–H groups in total. The molecule has 0 radical (unpaired) electrons. The fraction of sp³-hybridized carbons (Fsp3) is 0.800. The first-order valence-electron chi connectivity index (χ1n) is 10.4. The summed E-state index contributed by atoms with van der Waals surface area (Å²) in [6, 6.07) is 0.758. The van der Waals surface area contributed by atoms with Crippen molar-refractivity contribution < 1.29 is 0 Å². The van der Waals surface area contributed by atoms with E-state index in [0.717, 1.165) is 25.0 Å². The highest BCUT2D eigenvalue weighted by atomic mass is 127. The zero-order valence-corrected chi connectivity index (χ0v) is 20.2. The maximum absolute atomic E-state index is 4.45. The molecule has 160 valence electrons. The van der Waals surface area contributed by atoms with E-state index in [1.807, 2.05) is 25.0 Å². The summed E-state index contributed by atoms with van der Waals surface area (Å²) in [6.45, 7) is 4.43. The van der Waals surface area contributed by atoms with Crippen LogP contribution in [0.1, 0.15) is 43.7 Å². The van der Waals surface area contributed by atoms with Crippen LogP contribution in [0, 0.1) is 5.92 Å². The minimum Gasteiger partial charge on any atom is -0.354 e. The maximum atomic E-state index is 4.45. The zero-order valence-electron chi connectivity index (χ0n) is 17.9. The number of aliphatic imine (C=N–C) groups is 1. The highest BCUT2D eigenvalue weighted by Crippen LogP contribution is 2.26. The van der Waals surface area contributed by atoms with Crippen molar-refractivity contribution in [1.29, 1.82) is 0 Å². The number of halogens is 1. The number of likely N-dealkylation sites (tertiary alicyclic amines) is 1. The van der Waals surface area contributed by atoms with E-state index in [1.165, 1.54) is 50.8 Å². The zero-order chi connectivity index (χ0) is 19.2. The first-order valence-corrected chi connectivity index (χ1v) is 10.4. The van der Waals surface area contributed by atoms with Crippen LogP contribution in [0.5, 0.6) is 0 Å². The molecule has 3 rings (SSSR count). The Balaban J connectivity index is 0.00000280. The topological polar surface area (TPSA) is 60.7 Å². The van der Waals surface area contributed by atoms with Crippen LogP contribution in [0.15, 0.2) is 17.4 Å². The Hall–Kier alpha value is -0.870. The first kappa shape index (κ1) is 23.4. The second-order valence-corrected chi connectivity index (χ2v) is 8.42. The number of hydrogen-bond acceptors (Lipinski definition) is 4. The average molecular weight is 503 g/mol. The van der Waals surface area contributed by atoms with Crippen LogP contribution < -0.4 is 10.6 Å². The molecule has 1 aromatic heterocycles. The van der Waals surface area contributed by atoms with E-state index in [0.29, 0.717) is 6.04 Å². The Morgan fingerprint density at radius 1 is 1.32 bits per heavy atom. The number of likely N-dealkylation sites (N-methyl/N-ethyl adjacent to an activating group) is 1. The highest BCUT2D eigenvalue weighted by Gasteiger charge is 2.26. The largest absolute Gasteiger partial charge is 0.354 e. The molecule has 2 atom stereocenters. The third kappa shape index (κ3) is 6.59. The summed E-state index contributed by atoms with van der Waals surface area (Å²) in [5.41, 5.74) is 1.22. The van der Waals surface area contributed by atoms with Crippen LogP contribution in [0.4, 0.5) is 0 Å². The molecule has 1 saturated carbocycles. The van der Waals surface area contributed by atoms with E-state index >= 15 is 0 Å². The highest BCUT2D eigenvalue weighted by molar-refractivity contribution is 14.0. The molecule has 1 aromatic rings. The Bertz CT molecular complexity index is 609. The SMILES string of the molecule is CN=C(NCC(c1cnn(C)c1)N(C)C)NC1CCN(CC2CCCC2)C1.I. The Morgan fingerprint density at radius 2 is 2.07 bits per heavy atom. The third-order valence-electron chi connectivity index (χ3n) is 6.02. The van der Waals surface area contributed by atoms with Crippen molar-refractivity contribution in [3.8, 4) is 0 Å². The second-order valence-electron chi connectivity index (χ2n) is 8.42. The van der Waals surface area contributed by atoms with Crippen molar-refractivity contribution in [3.63, 3.8) is 0 Å². The van der Waals surface area contributed by atoms with Gasteiger partial charge in [0.25, 0.3) is 0 Å². The summed E-state index contributed by atoms with van der Waals surface area (Å²) in [5, 5.41) is 11.5. The van der Waals surface area contributed by atoms with E-state index in [2.05, 4.69) is 50.8 Å². The van der Waals surface area contributed by atoms with Crippen molar-refractivity contribution in [2.75, 3.05) is 47.3 Å². The van der Waals surface area contributed by atoms with Gasteiger partial charge in [0.15, 0.2) is 5.96 Å². The molecule has 2 fully saturated rings. The van der Waals surface area contributed by atoms with Gasteiger partial charge in [-0.2, -0.15) is 5.10 Å². The quantitative estimate of drug-likeness (QED) is 0.339. The minimum absolute atomic E-state index is 0. The molecule has 7 nitrogen and oxygen atoms in total. The van der Waals surface area contributed by atoms with Crippen LogP contribution in [0.2, 0.25) is 0 Å². The van der Waals surface area contributed by atoms with Gasteiger partial charge in [0.1, 0.15) is 0 Å². The van der Waals surface area contributed by atoms with Gasteiger partial charge in [-0.15, -0.1) is 24.0 Å². The first-order chi connectivity index (χ1) is 13.0. The molecule has 28 heavy (non-hydrogen) atoms. The molecule has 2 unspecified atom stereocenters. The van der Waals surface area contributed by atoms with E-state index in [9.17, 15) is 0 Å². The van der Waals surface area contributed by atoms with E-state index in [-0.39, 0.29) is 30.0 Å². The van der Waals surface area contributed by atoms with Crippen LogP contribution in [-0.4, -0.2) is 78.9 Å². The van der Waals surface area contributed by atoms with Gasteiger partial charge in [0, 0.05) is 58.1 Å². The number of nitrogens with zero attached hydrogens (tertiary/aromatic N) is 5. The summed E-state index contributed by atoms with van der Waals surface area (Å²) in [6.07, 6.45) is 10.9. The molecular formula is C20H38IN7. The maximum Gasteiger partial charge on any atom is 0.191 e. The van der Waals surface area contributed by atoms with Crippen LogP contribution in [0.3, 0.4) is 0 Å². The van der Waals surface area contributed by atoms with Gasteiger partial charge in [0.05, 0.1) is 12.2 Å². The van der Waals surface area contributed by atoms with Gasteiger partial charge < -0.3 is 20.4 Å². The predicted molar refractivity (Wildman–Crippen MR) is 126 cm³/mol. The van der Waals surface area contributed by atoms with Crippen LogP contribution >= 0.6 is 24.0 Å². The number of hydrogen-bond donors (Lipinski definition) is 2. The summed E-state index contributed by atoms with van der Waals surface area (Å²) in [5.74, 6) is 1.83. The number of aromatic nitrogens is 2. The monoisotopic (exact) mass is 503 g/mol. The number of aryl methyl sites for hydroxylation is 1. The summed E-state index contributed by atoms with van der Waals surface area (Å²) in [4.78, 5) is 9.30. The van der Waals surface area contributed by atoms with Gasteiger partial charge in [0.2, 0.25) is 0 Å². The number of rotatable bonds is 7. The van der Waals surface area contributed by atoms with Crippen LogP contribution in [-0.2, 0) is 7.05 Å². The Labute approximate surface area is 187 Å². The standard InChI is InChI=1S/C20H37N7.HI/c1-21-20(22-12-19(25(2)3)17-11-23-26(4)14-17)24-18-9-10-27(15-18)13-16-7-5-6-8-16;/h11,14,16,18-19H,5-10,12-13,15H2,1-4H3,(H2,21,22,24);1H. The molecule has 0 aromatic carbocycles. The van der Waals surface area contributed by atoms with Crippen molar-refractivity contribution >= 4 is 29.9 Å². The van der Waals surface area contributed by atoms with Crippen LogP contribution in [0.25, 0.3) is 0 Å². The molecule has 2 aliphatic rings. The smallest absolute Gasteiger partial charge is 0.191 e. The molecule has 0 amide bonds. The van der Waals surface area contributed by atoms with Gasteiger partial charge in [-0.05, 0) is 39.3 Å². The van der Waals surface area contributed by atoms with E-state index < -0.39 is 0 Å². The minimum atomic E-state index is 0. The average Bonchev–Trinajstić information content (AvgIpc) is 3.38. The molecule has 0 spiro atoms. The second kappa shape index (κ2) is 11.3. The lowest BCUT2D eigenvalue weighted by molar-refractivity contribution is 0.275. The van der Waals surface area contributed by atoms with Gasteiger partial charge in [-0.25, -0.2) is 0 Å². The predicted octanol–water partition coefficient (Wildman–Crippen LogP) is 2.07. The summed E-state index contributed by atoms with van der Waals surface area (Å²) < 4.78 is 1.86. The normalized spacial score (nSPS) is 22.5. The molecular weight excluding hydrogens is 465 g/mol. The van der Waals surface area contributed by atoms with Gasteiger partial charge in [-0.1, -0.05) is 12.8 Å². The lowest BCUT2D eigenvalue weighted by Crippen LogP contribution is -2.46. The molecule has 1 aliphatic heterocycles. The van der Waals surface area contributed by atoms with Crippen molar-refractivity contribution in [2.24, 2.45) is 18.0 Å². The molecule has 1 aliphatic carbocycles. The summed E-state index contributed by atoms with van der Waals surface area (Å²) >= 11 is 0. The van der Waals surface area contributed by atoms with Gasteiger partial charge >= 0.3 is 0 Å². The molecule has 1 saturated heterocycles. The Morgan fingerprint density at radius 3 is 2.68 bits per heavy atom. The lowest BCUT2D eigenvalue weighted by atomic mass is 10.1. The molecule has 8 heteroatoms. The summed E-state index contributed by atoms with van der Waals surface area (Å²) in [7, 11) is 8.03. The lowest BCUT2D eigenvalue weighted by Gasteiger charge is -2.25. The van der Waals surface area contributed by atoms with Crippen molar-refractivity contribution in [3.05, 3.63) is 18.0 Å². The molecule has 0 bridgehead atoms. The number of guanidine groups is 1. The molecule has 2 heterocycles. The van der Waals surface area contributed by atoms with Crippen molar-refractivity contribution in [1.82, 2.24) is 30.2 Å². The van der Waals surface area contributed by atoms with E-state index in [1.54, 1.807) is 0 Å². The fourth-order valence-electron chi connectivity index (χ4n) is 4.47. The fourth-order valence-corrected chi connectivity index (χ4v) is 4.47. The Kier molecular flexibility index (Phi) is 9.49.